The lowest BCUT2D eigenvalue weighted by Crippen LogP contribution is -2.28. The summed E-state index contributed by atoms with van der Waals surface area (Å²) in [6, 6.07) is 14.5. The van der Waals surface area contributed by atoms with E-state index in [0.717, 1.165) is 11.1 Å². The van der Waals surface area contributed by atoms with Crippen molar-refractivity contribution in [3.05, 3.63) is 64.7 Å². The van der Waals surface area contributed by atoms with Crippen LogP contribution in [0.4, 0.5) is 0 Å². The number of halogens is 1. The number of benzene rings is 2. The van der Waals surface area contributed by atoms with E-state index in [4.69, 9.17) is 16.3 Å². The molecular formula is C18H16ClNO2. The van der Waals surface area contributed by atoms with Crippen LogP contribution in [0.1, 0.15) is 24.1 Å². The molecule has 1 N–H and O–H groups in total. The zero-order valence-electron chi connectivity index (χ0n) is 12.4. The van der Waals surface area contributed by atoms with Gasteiger partial charge in [0.2, 0.25) is 0 Å². The predicted octanol–water partition coefficient (Wildman–Crippen LogP) is 3.58. The van der Waals surface area contributed by atoms with Gasteiger partial charge in [0.25, 0.3) is 5.91 Å². The maximum Gasteiger partial charge on any atom is 0.296 e. The van der Waals surface area contributed by atoms with E-state index >= 15 is 0 Å². The largest absolute Gasteiger partial charge is 0.497 e. The summed E-state index contributed by atoms with van der Waals surface area (Å²) in [5.41, 5.74) is 1.68. The van der Waals surface area contributed by atoms with Crippen molar-refractivity contribution in [2.24, 2.45) is 0 Å². The van der Waals surface area contributed by atoms with Gasteiger partial charge < -0.3 is 10.1 Å². The summed E-state index contributed by atoms with van der Waals surface area (Å²) < 4.78 is 5.25. The third kappa shape index (κ3) is 3.81. The van der Waals surface area contributed by atoms with Crippen molar-refractivity contribution < 1.29 is 9.53 Å². The van der Waals surface area contributed by atoms with Gasteiger partial charge in [0.1, 0.15) is 5.75 Å². The minimum Gasteiger partial charge on any atom is -0.497 e. The normalized spacial score (nSPS) is 11.0. The van der Waals surface area contributed by atoms with E-state index in [1.807, 2.05) is 42.5 Å². The Morgan fingerprint density at radius 3 is 2.68 bits per heavy atom. The van der Waals surface area contributed by atoms with Crippen LogP contribution in [0, 0.1) is 11.8 Å². The van der Waals surface area contributed by atoms with Gasteiger partial charge in [-0.3, -0.25) is 4.79 Å². The fourth-order valence-electron chi connectivity index (χ4n) is 2.15. The maximum absolute atomic E-state index is 11.9. The number of nitrogens with one attached hydrogen (secondary N) is 1. The molecule has 22 heavy (non-hydrogen) atoms. The summed E-state index contributed by atoms with van der Waals surface area (Å²) in [6.45, 7) is 1.62. The molecule has 0 heterocycles. The summed E-state index contributed by atoms with van der Waals surface area (Å²) in [5.74, 6) is 5.44. The molecule has 0 spiro atoms. The van der Waals surface area contributed by atoms with Crippen molar-refractivity contribution in [1.29, 1.82) is 0 Å². The second-order valence-corrected chi connectivity index (χ2v) is 4.99. The fraction of sp³-hybridized carbons (Fsp3) is 0.167. The molecule has 1 atom stereocenters. The first-order valence-corrected chi connectivity index (χ1v) is 7.15. The van der Waals surface area contributed by atoms with Gasteiger partial charge in [-0.25, -0.2) is 0 Å². The van der Waals surface area contributed by atoms with Crippen LogP contribution in [0.5, 0.6) is 5.75 Å². The van der Waals surface area contributed by atoms with Gasteiger partial charge in [0.15, 0.2) is 0 Å². The van der Waals surface area contributed by atoms with Crippen LogP contribution >= 0.6 is 11.6 Å². The number of rotatable bonds is 4. The smallest absolute Gasteiger partial charge is 0.296 e. The molecule has 4 heteroatoms. The Morgan fingerprint density at radius 2 is 2.00 bits per heavy atom. The van der Waals surface area contributed by atoms with E-state index in [9.17, 15) is 4.79 Å². The molecule has 0 saturated carbocycles. The van der Waals surface area contributed by atoms with E-state index in [2.05, 4.69) is 17.2 Å². The van der Waals surface area contributed by atoms with Gasteiger partial charge in [-0.2, -0.15) is 0 Å². The highest BCUT2D eigenvalue weighted by molar-refractivity contribution is 6.31. The van der Waals surface area contributed by atoms with Gasteiger partial charge in [0, 0.05) is 5.02 Å². The number of methoxy groups -OCH3 is 1. The molecule has 1 amide bonds. The highest BCUT2D eigenvalue weighted by Gasteiger charge is 2.19. The van der Waals surface area contributed by atoms with Crippen molar-refractivity contribution in [1.82, 2.24) is 5.32 Å². The van der Waals surface area contributed by atoms with Gasteiger partial charge >= 0.3 is 0 Å². The van der Waals surface area contributed by atoms with Crippen molar-refractivity contribution >= 4 is 17.5 Å². The van der Waals surface area contributed by atoms with Crippen molar-refractivity contribution in [3.8, 4) is 17.6 Å². The van der Waals surface area contributed by atoms with Crippen molar-refractivity contribution in [2.45, 2.75) is 13.0 Å². The number of ether oxygens (including phenoxy) is 1. The summed E-state index contributed by atoms with van der Waals surface area (Å²) in [6.07, 6.45) is 0. The van der Waals surface area contributed by atoms with Crippen molar-refractivity contribution in [2.75, 3.05) is 7.11 Å². The Labute approximate surface area is 135 Å². The average Bonchev–Trinajstić information content (AvgIpc) is 2.54. The summed E-state index contributed by atoms with van der Waals surface area (Å²) >= 11 is 6.28. The molecule has 0 fully saturated rings. The zero-order chi connectivity index (χ0) is 15.9. The van der Waals surface area contributed by atoms with Crippen LogP contribution in [0.3, 0.4) is 0 Å². The predicted molar refractivity (Wildman–Crippen MR) is 87.9 cm³/mol. The third-order valence-electron chi connectivity index (χ3n) is 3.16. The van der Waals surface area contributed by atoms with E-state index in [0.29, 0.717) is 10.8 Å². The molecule has 112 valence electrons. The zero-order valence-corrected chi connectivity index (χ0v) is 13.1. The SMILES string of the molecule is CC#CC(=O)N[C@@H](c1cccc(OC)c1)c1ccccc1Cl. The first-order chi connectivity index (χ1) is 10.7. The molecule has 2 aromatic carbocycles. The Hall–Kier alpha value is -2.44. The van der Waals surface area contributed by atoms with E-state index in [1.54, 1.807) is 20.1 Å². The second kappa shape index (κ2) is 7.53. The third-order valence-corrected chi connectivity index (χ3v) is 3.50. The summed E-state index contributed by atoms with van der Waals surface area (Å²) in [4.78, 5) is 11.9. The van der Waals surface area contributed by atoms with Crippen LogP contribution in [0.15, 0.2) is 48.5 Å². The number of carbonyl (C=O) groups is 1. The first-order valence-electron chi connectivity index (χ1n) is 6.77. The Bertz CT molecular complexity index is 731. The van der Waals surface area contributed by atoms with Crippen molar-refractivity contribution in [3.63, 3.8) is 0 Å². The van der Waals surface area contributed by atoms with Gasteiger partial charge in [-0.15, -0.1) is 0 Å². The molecule has 0 radical (unpaired) electrons. The lowest BCUT2D eigenvalue weighted by atomic mass is 9.98. The van der Waals surface area contributed by atoms with E-state index < -0.39 is 6.04 Å². The molecule has 0 aliphatic carbocycles. The van der Waals surface area contributed by atoms with Crippen LogP contribution in [-0.2, 0) is 4.79 Å². The molecular weight excluding hydrogens is 298 g/mol. The highest BCUT2D eigenvalue weighted by atomic mass is 35.5. The lowest BCUT2D eigenvalue weighted by molar-refractivity contribution is -0.116. The molecule has 2 aromatic rings. The molecule has 0 aromatic heterocycles. The lowest BCUT2D eigenvalue weighted by Gasteiger charge is -2.20. The van der Waals surface area contributed by atoms with Gasteiger partial charge in [-0.1, -0.05) is 47.9 Å². The summed E-state index contributed by atoms with van der Waals surface area (Å²) in [7, 11) is 1.60. The molecule has 0 bridgehead atoms. The maximum atomic E-state index is 11.9. The Kier molecular flexibility index (Phi) is 5.46. The topological polar surface area (TPSA) is 38.3 Å². The Balaban J connectivity index is 2.46. The number of carbonyl (C=O) groups excluding carboxylic acids is 1. The van der Waals surface area contributed by atoms with Gasteiger partial charge in [-0.05, 0) is 42.2 Å². The van der Waals surface area contributed by atoms with Gasteiger partial charge in [0.05, 0.1) is 13.2 Å². The van der Waals surface area contributed by atoms with E-state index in [-0.39, 0.29) is 5.91 Å². The van der Waals surface area contributed by atoms with Crippen LogP contribution in [0.2, 0.25) is 5.02 Å². The summed E-state index contributed by atoms with van der Waals surface area (Å²) in [5, 5.41) is 3.47. The van der Waals surface area contributed by atoms with Crippen LogP contribution in [0.25, 0.3) is 0 Å². The molecule has 0 aliphatic heterocycles. The number of amides is 1. The molecule has 0 unspecified atom stereocenters. The quantitative estimate of drug-likeness (QED) is 0.876. The number of hydrogen-bond acceptors (Lipinski definition) is 2. The minimum absolute atomic E-state index is 0.352. The molecule has 0 aliphatic rings. The standard InChI is InChI=1S/C18H16ClNO2/c1-3-7-17(21)20-18(15-10-4-5-11-16(15)19)13-8-6-9-14(12-13)22-2/h4-6,8-12,18H,1-2H3,(H,20,21)/t18-/m0/s1. The van der Waals surface area contributed by atoms with Crippen LogP contribution < -0.4 is 10.1 Å². The monoisotopic (exact) mass is 313 g/mol. The fourth-order valence-corrected chi connectivity index (χ4v) is 2.40. The first kappa shape index (κ1) is 15.9. The Morgan fingerprint density at radius 1 is 1.23 bits per heavy atom. The van der Waals surface area contributed by atoms with E-state index in [1.165, 1.54) is 0 Å². The van der Waals surface area contributed by atoms with Crippen LogP contribution in [-0.4, -0.2) is 13.0 Å². The molecule has 3 nitrogen and oxygen atoms in total. The average molecular weight is 314 g/mol. The molecule has 2 rings (SSSR count). The highest BCUT2D eigenvalue weighted by Crippen LogP contribution is 2.29. The number of hydrogen-bond donors (Lipinski definition) is 1. The minimum atomic E-state index is -0.392. The second-order valence-electron chi connectivity index (χ2n) is 4.58. The molecule has 0 saturated heterocycles.